The molecule has 132 valence electrons. The predicted octanol–water partition coefficient (Wildman–Crippen LogP) is 2.12. The van der Waals surface area contributed by atoms with E-state index in [1.807, 2.05) is 19.1 Å². The number of rotatable bonds is 7. The number of benzene rings is 1. The van der Waals surface area contributed by atoms with Crippen molar-refractivity contribution in [2.75, 3.05) is 13.1 Å². The highest BCUT2D eigenvalue weighted by molar-refractivity contribution is 7.12. The van der Waals surface area contributed by atoms with Gasteiger partial charge in [-0.3, -0.25) is 14.4 Å². The Morgan fingerprint density at radius 1 is 1.04 bits per heavy atom. The maximum Gasteiger partial charge on any atom is 0.261 e. The van der Waals surface area contributed by atoms with Gasteiger partial charge in [-0.25, -0.2) is 0 Å². The summed E-state index contributed by atoms with van der Waals surface area (Å²) in [5.41, 5.74) is 0.910. The predicted molar refractivity (Wildman–Crippen MR) is 97.7 cm³/mol. The minimum Gasteiger partial charge on any atom is -0.348 e. The van der Waals surface area contributed by atoms with Crippen molar-refractivity contribution in [2.45, 2.75) is 13.0 Å². The average Bonchev–Trinajstić information content (AvgIpc) is 3.13. The summed E-state index contributed by atoms with van der Waals surface area (Å²) in [6.07, 6.45) is 0. The molecule has 25 heavy (non-hydrogen) atoms. The first-order chi connectivity index (χ1) is 12.0. The molecule has 0 saturated carbocycles. The van der Waals surface area contributed by atoms with Crippen LogP contribution in [0.25, 0.3) is 0 Å². The summed E-state index contributed by atoms with van der Waals surface area (Å²) < 4.78 is 0. The third-order valence-electron chi connectivity index (χ3n) is 3.35. The van der Waals surface area contributed by atoms with Crippen molar-refractivity contribution in [3.05, 3.63) is 57.2 Å². The van der Waals surface area contributed by atoms with E-state index in [1.165, 1.54) is 11.3 Å². The van der Waals surface area contributed by atoms with Gasteiger partial charge in [0.15, 0.2) is 0 Å². The lowest BCUT2D eigenvalue weighted by Crippen LogP contribution is -2.42. The van der Waals surface area contributed by atoms with E-state index in [-0.39, 0.29) is 30.9 Å². The molecule has 3 N–H and O–H groups in total. The molecule has 8 heteroatoms. The number of carbonyl (C=O) groups is 3. The largest absolute Gasteiger partial charge is 0.348 e. The molecule has 0 aliphatic rings. The number of hydrogen-bond donors (Lipinski definition) is 3. The van der Waals surface area contributed by atoms with E-state index in [0.717, 1.165) is 5.56 Å². The molecule has 1 heterocycles. The van der Waals surface area contributed by atoms with Gasteiger partial charge in [0.1, 0.15) is 0 Å². The van der Waals surface area contributed by atoms with Gasteiger partial charge < -0.3 is 16.0 Å². The van der Waals surface area contributed by atoms with Crippen LogP contribution in [0.4, 0.5) is 0 Å². The Kier molecular flexibility index (Phi) is 6.97. The van der Waals surface area contributed by atoms with Crippen LogP contribution in [0.5, 0.6) is 0 Å². The van der Waals surface area contributed by atoms with Gasteiger partial charge >= 0.3 is 0 Å². The van der Waals surface area contributed by atoms with Crippen LogP contribution in [0.1, 0.15) is 28.2 Å². The van der Waals surface area contributed by atoms with Crippen LogP contribution in [0, 0.1) is 0 Å². The summed E-state index contributed by atoms with van der Waals surface area (Å²) in [5.74, 6) is -1.06. The smallest absolute Gasteiger partial charge is 0.261 e. The quantitative estimate of drug-likeness (QED) is 0.688. The van der Waals surface area contributed by atoms with E-state index >= 15 is 0 Å². The van der Waals surface area contributed by atoms with E-state index in [9.17, 15) is 14.4 Å². The molecule has 0 aliphatic heterocycles. The minimum atomic E-state index is -0.431. The van der Waals surface area contributed by atoms with Gasteiger partial charge in [0.25, 0.3) is 5.91 Å². The molecule has 0 spiro atoms. The number of nitrogens with one attached hydrogen (secondary N) is 3. The van der Waals surface area contributed by atoms with E-state index in [0.29, 0.717) is 9.90 Å². The minimum absolute atomic E-state index is 0.161. The van der Waals surface area contributed by atoms with Crippen molar-refractivity contribution in [1.29, 1.82) is 0 Å². The van der Waals surface area contributed by atoms with E-state index in [4.69, 9.17) is 11.6 Å². The first-order valence-electron chi connectivity index (χ1n) is 7.59. The Bertz CT molecular complexity index is 732. The van der Waals surface area contributed by atoms with E-state index in [2.05, 4.69) is 16.0 Å². The molecule has 3 amide bonds. The van der Waals surface area contributed by atoms with Crippen molar-refractivity contribution in [2.24, 2.45) is 0 Å². The van der Waals surface area contributed by atoms with E-state index in [1.54, 1.807) is 29.6 Å². The number of hydrogen-bond acceptors (Lipinski definition) is 4. The zero-order valence-corrected chi connectivity index (χ0v) is 15.1. The van der Waals surface area contributed by atoms with Crippen LogP contribution < -0.4 is 16.0 Å². The Hall–Kier alpha value is -2.38. The molecule has 1 atom stereocenters. The second-order valence-corrected chi connectivity index (χ2v) is 6.66. The second kappa shape index (κ2) is 9.19. The fourth-order valence-electron chi connectivity index (χ4n) is 2.02. The molecule has 6 nitrogen and oxygen atoms in total. The molecular weight excluding hydrogens is 362 g/mol. The van der Waals surface area contributed by atoms with Crippen LogP contribution in [-0.2, 0) is 9.59 Å². The zero-order chi connectivity index (χ0) is 18.2. The standard InChI is InChI=1S/C17H18ClN3O3S/c1-11(12-4-6-13(18)7-5-12)21-16(23)10-19-15(22)9-20-17(24)14-3-2-8-25-14/h2-8,11H,9-10H2,1H3,(H,19,22)(H,20,24)(H,21,23)/t11-/m0/s1. The van der Waals surface area contributed by atoms with Gasteiger partial charge in [0.2, 0.25) is 11.8 Å². The highest BCUT2D eigenvalue weighted by atomic mass is 35.5. The lowest BCUT2D eigenvalue weighted by Gasteiger charge is -2.15. The van der Waals surface area contributed by atoms with Gasteiger partial charge in [-0.2, -0.15) is 0 Å². The Balaban J connectivity index is 1.69. The average molecular weight is 380 g/mol. The Morgan fingerprint density at radius 2 is 1.72 bits per heavy atom. The first kappa shape index (κ1) is 19.0. The van der Waals surface area contributed by atoms with Crippen LogP contribution in [0.15, 0.2) is 41.8 Å². The summed E-state index contributed by atoms with van der Waals surface area (Å²) in [6, 6.07) is 10.4. The molecule has 0 aliphatic carbocycles. The second-order valence-electron chi connectivity index (χ2n) is 5.28. The lowest BCUT2D eigenvalue weighted by atomic mass is 10.1. The molecular formula is C17H18ClN3O3S. The fraction of sp³-hybridized carbons (Fsp3) is 0.235. The van der Waals surface area contributed by atoms with E-state index < -0.39 is 5.91 Å². The summed E-state index contributed by atoms with van der Waals surface area (Å²) in [5, 5.41) is 10.1. The van der Waals surface area contributed by atoms with Gasteiger partial charge in [-0.05, 0) is 36.1 Å². The molecule has 2 rings (SSSR count). The van der Waals surface area contributed by atoms with Gasteiger partial charge in [-0.15, -0.1) is 11.3 Å². The van der Waals surface area contributed by atoms with Crippen molar-refractivity contribution in [3.63, 3.8) is 0 Å². The van der Waals surface area contributed by atoms with Gasteiger partial charge in [0.05, 0.1) is 24.0 Å². The third-order valence-corrected chi connectivity index (χ3v) is 4.47. The Morgan fingerprint density at radius 3 is 2.36 bits per heavy atom. The summed E-state index contributed by atoms with van der Waals surface area (Å²) in [6.45, 7) is 1.49. The molecule has 0 bridgehead atoms. The number of amides is 3. The monoisotopic (exact) mass is 379 g/mol. The molecule has 1 aromatic heterocycles. The van der Waals surface area contributed by atoms with Crippen molar-refractivity contribution in [3.8, 4) is 0 Å². The third kappa shape index (κ3) is 6.21. The highest BCUT2D eigenvalue weighted by Gasteiger charge is 2.12. The van der Waals surface area contributed by atoms with Crippen LogP contribution >= 0.6 is 22.9 Å². The summed E-state index contributed by atoms with van der Waals surface area (Å²) >= 11 is 7.12. The fourth-order valence-corrected chi connectivity index (χ4v) is 2.79. The number of halogens is 1. The molecule has 2 aromatic rings. The number of thiophene rings is 1. The maximum absolute atomic E-state index is 11.9. The highest BCUT2D eigenvalue weighted by Crippen LogP contribution is 2.15. The topological polar surface area (TPSA) is 87.3 Å². The summed E-state index contributed by atoms with van der Waals surface area (Å²) in [7, 11) is 0. The Labute approximate surface area is 154 Å². The van der Waals surface area contributed by atoms with Crippen molar-refractivity contribution >= 4 is 40.7 Å². The van der Waals surface area contributed by atoms with Crippen LogP contribution in [-0.4, -0.2) is 30.8 Å². The number of carbonyl (C=O) groups excluding carboxylic acids is 3. The lowest BCUT2D eigenvalue weighted by molar-refractivity contribution is -0.125. The van der Waals surface area contributed by atoms with Crippen molar-refractivity contribution in [1.82, 2.24) is 16.0 Å². The normalized spacial score (nSPS) is 11.4. The zero-order valence-electron chi connectivity index (χ0n) is 13.5. The van der Waals surface area contributed by atoms with Crippen LogP contribution in [0.2, 0.25) is 5.02 Å². The molecule has 0 saturated heterocycles. The van der Waals surface area contributed by atoms with Crippen LogP contribution in [0.3, 0.4) is 0 Å². The SMILES string of the molecule is C[C@H](NC(=O)CNC(=O)CNC(=O)c1cccs1)c1ccc(Cl)cc1. The molecule has 0 unspecified atom stereocenters. The molecule has 0 fully saturated rings. The molecule has 1 aromatic carbocycles. The maximum atomic E-state index is 11.9. The first-order valence-corrected chi connectivity index (χ1v) is 8.84. The molecule has 0 radical (unpaired) electrons. The summed E-state index contributed by atoms with van der Waals surface area (Å²) in [4.78, 5) is 35.8. The van der Waals surface area contributed by atoms with Gasteiger partial charge in [-0.1, -0.05) is 29.8 Å². The van der Waals surface area contributed by atoms with Gasteiger partial charge in [0, 0.05) is 5.02 Å². The van der Waals surface area contributed by atoms with Crippen molar-refractivity contribution < 1.29 is 14.4 Å².